The lowest BCUT2D eigenvalue weighted by Crippen LogP contribution is -2.40. The van der Waals surface area contributed by atoms with E-state index in [-0.39, 0.29) is 23.8 Å². The number of sulfonamides is 1. The van der Waals surface area contributed by atoms with Gasteiger partial charge in [0.05, 0.1) is 10.6 Å². The van der Waals surface area contributed by atoms with Crippen molar-refractivity contribution in [3.05, 3.63) is 125 Å². The molecule has 40 heavy (non-hydrogen) atoms. The third-order valence-electron chi connectivity index (χ3n) is 6.48. The number of halogens is 1. The fourth-order valence-electron chi connectivity index (χ4n) is 4.02. The summed E-state index contributed by atoms with van der Waals surface area (Å²) in [5, 5.41) is 2.82. The summed E-state index contributed by atoms with van der Waals surface area (Å²) in [6, 6.07) is 27.2. The number of rotatable bonds is 11. The highest BCUT2D eigenvalue weighted by Gasteiger charge is 2.27. The first-order valence-electron chi connectivity index (χ1n) is 13.0. The minimum absolute atomic E-state index is 0.120. The van der Waals surface area contributed by atoms with Crippen molar-refractivity contribution >= 4 is 21.6 Å². The number of carbonyl (C=O) groups excluding carboxylic acids is 1. The molecular formula is C32H33FN2O4S. The molecule has 0 aliphatic rings. The monoisotopic (exact) mass is 560 g/mol. The van der Waals surface area contributed by atoms with Gasteiger partial charge in [-0.1, -0.05) is 67.9 Å². The highest BCUT2D eigenvalue weighted by Crippen LogP contribution is 2.26. The van der Waals surface area contributed by atoms with E-state index in [2.05, 4.69) is 19.2 Å². The van der Waals surface area contributed by atoms with Gasteiger partial charge in [0, 0.05) is 6.54 Å². The van der Waals surface area contributed by atoms with Crippen LogP contribution in [-0.4, -0.2) is 20.9 Å². The second-order valence-corrected chi connectivity index (χ2v) is 11.8. The van der Waals surface area contributed by atoms with Gasteiger partial charge >= 0.3 is 0 Å². The van der Waals surface area contributed by atoms with Crippen LogP contribution >= 0.6 is 0 Å². The van der Waals surface area contributed by atoms with Crippen LogP contribution in [0.25, 0.3) is 0 Å². The van der Waals surface area contributed by atoms with Crippen molar-refractivity contribution in [2.75, 3.05) is 10.8 Å². The predicted molar refractivity (Wildman–Crippen MR) is 155 cm³/mol. The second kappa shape index (κ2) is 12.8. The molecule has 0 spiro atoms. The summed E-state index contributed by atoms with van der Waals surface area (Å²) in [5.74, 6) is 0.203. The third-order valence-corrected chi connectivity index (χ3v) is 8.26. The van der Waals surface area contributed by atoms with Crippen molar-refractivity contribution in [1.82, 2.24) is 5.32 Å². The van der Waals surface area contributed by atoms with E-state index in [1.54, 1.807) is 60.7 Å². The van der Waals surface area contributed by atoms with Crippen LogP contribution in [0.4, 0.5) is 10.1 Å². The van der Waals surface area contributed by atoms with Crippen LogP contribution in [0.15, 0.2) is 102 Å². The quantitative estimate of drug-likeness (QED) is 0.232. The van der Waals surface area contributed by atoms with Crippen molar-refractivity contribution in [1.29, 1.82) is 0 Å². The number of ether oxygens (including phenoxy) is 1. The van der Waals surface area contributed by atoms with E-state index < -0.39 is 15.9 Å². The highest BCUT2D eigenvalue weighted by molar-refractivity contribution is 7.92. The average Bonchev–Trinajstić information content (AvgIpc) is 2.95. The van der Waals surface area contributed by atoms with Crippen LogP contribution in [0.1, 0.15) is 42.0 Å². The van der Waals surface area contributed by atoms with E-state index in [4.69, 9.17) is 4.74 Å². The van der Waals surface area contributed by atoms with E-state index in [1.165, 1.54) is 12.1 Å². The zero-order valence-electron chi connectivity index (χ0n) is 22.8. The Kier molecular flexibility index (Phi) is 9.22. The summed E-state index contributed by atoms with van der Waals surface area (Å²) in [5.41, 5.74) is 4.11. The number of carbonyl (C=O) groups is 1. The second-order valence-electron chi connectivity index (χ2n) is 9.91. The molecule has 0 aliphatic heterocycles. The fraction of sp³-hybridized carbons (Fsp3) is 0.219. The van der Waals surface area contributed by atoms with Crippen molar-refractivity contribution < 1.29 is 22.3 Å². The molecule has 0 heterocycles. The van der Waals surface area contributed by atoms with Crippen LogP contribution in [0.2, 0.25) is 0 Å². The van der Waals surface area contributed by atoms with E-state index in [1.807, 2.05) is 31.2 Å². The largest absolute Gasteiger partial charge is 0.489 e. The summed E-state index contributed by atoms with van der Waals surface area (Å²) in [6.07, 6.45) is 0. The maximum atomic E-state index is 13.6. The lowest BCUT2D eigenvalue weighted by molar-refractivity contribution is -0.119. The van der Waals surface area contributed by atoms with Crippen LogP contribution in [0.3, 0.4) is 0 Å². The van der Waals surface area contributed by atoms with Crippen LogP contribution in [0.5, 0.6) is 5.75 Å². The summed E-state index contributed by atoms with van der Waals surface area (Å²) >= 11 is 0. The Hall–Kier alpha value is -4.17. The van der Waals surface area contributed by atoms with Gasteiger partial charge in [-0.05, 0) is 78.1 Å². The first-order chi connectivity index (χ1) is 19.1. The van der Waals surface area contributed by atoms with Crippen LogP contribution < -0.4 is 14.4 Å². The first-order valence-corrected chi connectivity index (χ1v) is 14.5. The number of anilines is 1. The Balaban J connectivity index is 1.42. The van der Waals surface area contributed by atoms with Crippen molar-refractivity contribution in [3.63, 3.8) is 0 Å². The molecule has 0 bridgehead atoms. The predicted octanol–water partition coefficient (Wildman–Crippen LogP) is 6.35. The summed E-state index contributed by atoms with van der Waals surface area (Å²) in [4.78, 5) is 13.1. The molecule has 0 atom stereocenters. The maximum Gasteiger partial charge on any atom is 0.264 e. The molecule has 1 amide bonds. The van der Waals surface area contributed by atoms with Gasteiger partial charge < -0.3 is 10.1 Å². The molecule has 0 radical (unpaired) electrons. The average molecular weight is 561 g/mol. The molecule has 0 aromatic heterocycles. The summed E-state index contributed by atoms with van der Waals surface area (Å²) in [6.45, 7) is 6.18. The molecule has 0 unspecified atom stereocenters. The highest BCUT2D eigenvalue weighted by atomic mass is 32.2. The smallest absolute Gasteiger partial charge is 0.264 e. The molecule has 0 fully saturated rings. The zero-order valence-corrected chi connectivity index (χ0v) is 23.6. The van der Waals surface area contributed by atoms with Gasteiger partial charge in [-0.2, -0.15) is 0 Å². The number of nitrogens with one attached hydrogen (secondary N) is 1. The minimum atomic E-state index is -3.98. The third kappa shape index (κ3) is 7.48. The van der Waals surface area contributed by atoms with Gasteiger partial charge in [-0.15, -0.1) is 0 Å². The molecule has 8 heteroatoms. The zero-order chi connectivity index (χ0) is 28.7. The maximum absolute atomic E-state index is 13.6. The molecule has 4 rings (SSSR count). The van der Waals surface area contributed by atoms with E-state index in [9.17, 15) is 17.6 Å². The standard InChI is InChI=1S/C32H33FN2O4S/c1-23(2)27-10-14-29(15-11-27)35(40(37,38)31-18-4-24(3)5-19-31)21-32(36)34-20-25-8-16-30(17-9-25)39-22-26-6-12-28(33)13-7-26/h4-19,23H,20-22H2,1-3H3,(H,34,36). The molecule has 1 N–H and O–H groups in total. The van der Waals surface area contributed by atoms with E-state index in [0.29, 0.717) is 24.0 Å². The molecule has 0 saturated heterocycles. The molecular weight excluding hydrogens is 527 g/mol. The number of hydrogen-bond donors (Lipinski definition) is 1. The molecule has 208 valence electrons. The van der Waals surface area contributed by atoms with Crippen LogP contribution in [0, 0.1) is 12.7 Å². The number of hydrogen-bond acceptors (Lipinski definition) is 4. The topological polar surface area (TPSA) is 75.7 Å². The number of nitrogens with zero attached hydrogens (tertiary/aromatic N) is 1. The SMILES string of the molecule is Cc1ccc(S(=O)(=O)N(CC(=O)NCc2ccc(OCc3ccc(F)cc3)cc2)c2ccc(C(C)C)cc2)cc1. The Labute approximate surface area is 235 Å². The molecule has 4 aromatic rings. The minimum Gasteiger partial charge on any atom is -0.489 e. The van der Waals surface area contributed by atoms with Gasteiger partial charge in [-0.25, -0.2) is 12.8 Å². The Bertz CT molecular complexity index is 1520. The lowest BCUT2D eigenvalue weighted by atomic mass is 10.0. The van der Waals surface area contributed by atoms with Gasteiger partial charge in [0.15, 0.2) is 0 Å². The number of benzene rings is 4. The number of aryl methyl sites for hydroxylation is 1. The number of amides is 1. The molecule has 6 nitrogen and oxygen atoms in total. The normalized spacial score (nSPS) is 11.3. The molecule has 0 aliphatic carbocycles. The molecule has 4 aromatic carbocycles. The summed E-state index contributed by atoms with van der Waals surface area (Å²) in [7, 11) is -3.98. The Morgan fingerprint density at radius 3 is 2.05 bits per heavy atom. The van der Waals surface area contributed by atoms with E-state index >= 15 is 0 Å². The van der Waals surface area contributed by atoms with Gasteiger partial charge in [0.2, 0.25) is 5.91 Å². The van der Waals surface area contributed by atoms with Crippen LogP contribution in [-0.2, 0) is 28.0 Å². The lowest BCUT2D eigenvalue weighted by Gasteiger charge is -2.24. The fourth-order valence-corrected chi connectivity index (χ4v) is 5.44. The van der Waals surface area contributed by atoms with E-state index in [0.717, 1.165) is 26.6 Å². The van der Waals surface area contributed by atoms with Crippen molar-refractivity contribution in [2.45, 2.75) is 44.7 Å². The van der Waals surface area contributed by atoms with Gasteiger partial charge in [-0.3, -0.25) is 9.10 Å². The van der Waals surface area contributed by atoms with Crippen molar-refractivity contribution in [3.8, 4) is 5.75 Å². The van der Waals surface area contributed by atoms with Crippen molar-refractivity contribution in [2.24, 2.45) is 0 Å². The Morgan fingerprint density at radius 1 is 0.850 bits per heavy atom. The summed E-state index contributed by atoms with van der Waals surface area (Å²) < 4.78 is 47.2. The van der Waals surface area contributed by atoms with Gasteiger partial charge in [0.25, 0.3) is 10.0 Å². The molecule has 0 saturated carbocycles. The Morgan fingerprint density at radius 2 is 1.45 bits per heavy atom. The van der Waals surface area contributed by atoms with Gasteiger partial charge in [0.1, 0.15) is 24.7 Å². The first kappa shape index (κ1) is 28.8.